The molecule has 2 amide bonds. The lowest BCUT2D eigenvalue weighted by Crippen LogP contribution is -2.50. The van der Waals surface area contributed by atoms with Crippen LogP contribution >= 0.6 is 0 Å². The number of hydrogen-bond acceptors (Lipinski definition) is 7. The van der Waals surface area contributed by atoms with Gasteiger partial charge in [-0.1, -0.05) is 25.6 Å². The molecule has 2 aliphatic heterocycles. The lowest BCUT2D eigenvalue weighted by atomic mass is 9.91. The fourth-order valence-electron chi connectivity index (χ4n) is 4.93. The minimum absolute atomic E-state index is 0.0679. The van der Waals surface area contributed by atoms with Crippen LogP contribution in [0.15, 0.2) is 35.3 Å². The van der Waals surface area contributed by atoms with E-state index in [0.29, 0.717) is 57.8 Å². The molecule has 0 bridgehead atoms. The van der Waals surface area contributed by atoms with Crippen LogP contribution in [0.5, 0.6) is 0 Å². The third-order valence-electron chi connectivity index (χ3n) is 7.53. The summed E-state index contributed by atoms with van der Waals surface area (Å²) >= 11 is 0. The number of carbonyl (C=O) groups excluding carboxylic acids is 2. The number of nitrogens with one attached hydrogen (secondary N) is 2. The Hall–Kier alpha value is -2.56. The Kier molecular flexibility index (Phi) is 11.7. The molecule has 0 saturated carbocycles. The predicted molar refractivity (Wildman–Crippen MR) is 155 cm³/mol. The molecule has 39 heavy (non-hydrogen) atoms. The molecule has 0 radical (unpaired) electrons. The molecule has 3 rings (SSSR count). The summed E-state index contributed by atoms with van der Waals surface area (Å²) < 4.78 is 28.8. The molecule has 2 saturated heterocycles. The fourth-order valence-corrected chi connectivity index (χ4v) is 6.21. The molecule has 1 unspecified atom stereocenters. The first-order valence-electron chi connectivity index (χ1n) is 14.0. The predicted octanol–water partition coefficient (Wildman–Crippen LogP) is 2.74. The average Bonchev–Trinajstić information content (AvgIpc) is 2.92. The van der Waals surface area contributed by atoms with Gasteiger partial charge in [0.25, 0.3) is 0 Å². The van der Waals surface area contributed by atoms with Crippen LogP contribution < -0.4 is 10.6 Å². The van der Waals surface area contributed by atoms with Crippen molar-refractivity contribution in [1.82, 2.24) is 15.5 Å². The van der Waals surface area contributed by atoms with Gasteiger partial charge in [0.1, 0.15) is 0 Å². The van der Waals surface area contributed by atoms with E-state index in [1.807, 2.05) is 17.9 Å². The topological polar surface area (TPSA) is 117 Å². The molecule has 0 aromatic heterocycles. The number of sulfone groups is 1. The molecule has 0 aliphatic carbocycles. The van der Waals surface area contributed by atoms with E-state index in [0.717, 1.165) is 36.2 Å². The molecule has 9 nitrogen and oxygen atoms in total. The Morgan fingerprint density at radius 1 is 1.18 bits per heavy atom. The summed E-state index contributed by atoms with van der Waals surface area (Å²) in [5.74, 6) is 0.0746. The van der Waals surface area contributed by atoms with Gasteiger partial charge in [0.05, 0.1) is 17.2 Å². The van der Waals surface area contributed by atoms with Gasteiger partial charge in [-0.25, -0.2) is 8.42 Å². The maximum Gasteiger partial charge on any atom is 0.247 e. The van der Waals surface area contributed by atoms with Crippen LogP contribution in [0.25, 0.3) is 0 Å². The number of carbonyl (C=O) groups is 2. The van der Waals surface area contributed by atoms with Crippen LogP contribution in [0.4, 0.5) is 5.69 Å². The average molecular weight is 561 g/mol. The summed E-state index contributed by atoms with van der Waals surface area (Å²) in [7, 11) is -2.98. The zero-order valence-corrected chi connectivity index (χ0v) is 24.4. The first-order chi connectivity index (χ1) is 18.6. The number of aliphatic imine (C=N–C) groups is 1. The van der Waals surface area contributed by atoms with E-state index in [4.69, 9.17) is 9.73 Å². The minimum Gasteiger partial charge on any atom is -0.381 e. The molecule has 1 aromatic carbocycles. The Labute approximate surface area is 233 Å². The summed E-state index contributed by atoms with van der Waals surface area (Å²) in [6, 6.07) is 6.06. The fraction of sp³-hybridized carbons (Fsp3) is 0.621. The summed E-state index contributed by atoms with van der Waals surface area (Å²) in [4.78, 5) is 32.3. The zero-order valence-electron chi connectivity index (χ0n) is 23.6. The van der Waals surface area contributed by atoms with E-state index < -0.39 is 9.84 Å². The molecular formula is C29H44N4O5S. The van der Waals surface area contributed by atoms with E-state index in [2.05, 4.69) is 43.2 Å². The van der Waals surface area contributed by atoms with Crippen LogP contribution in [0.2, 0.25) is 0 Å². The number of rotatable bonds is 12. The van der Waals surface area contributed by atoms with Crippen molar-refractivity contribution in [1.29, 1.82) is 0 Å². The van der Waals surface area contributed by atoms with Gasteiger partial charge in [0, 0.05) is 63.1 Å². The standard InChI is InChI=1S/C29H44N4O5S/c1-5-24-7-8-26(21(2)18-24)31-23(4)6-9-28(34)32-27(25-10-14-38-15-11-25)19-30-29(35)22(3)20-33-12-16-39(36,37)17-13-33/h7-8,18,25,27H,3,5-6,9-17,19-20H2,1-2,4H3,(H,30,35)(H,32,34)/b31-23+. The van der Waals surface area contributed by atoms with Crippen LogP contribution in [0.1, 0.15) is 50.7 Å². The highest BCUT2D eigenvalue weighted by Crippen LogP contribution is 2.22. The number of amides is 2. The number of hydrogen-bond donors (Lipinski definition) is 2. The Morgan fingerprint density at radius 2 is 1.87 bits per heavy atom. The van der Waals surface area contributed by atoms with Crippen LogP contribution in [0, 0.1) is 12.8 Å². The van der Waals surface area contributed by atoms with Crippen molar-refractivity contribution in [3.63, 3.8) is 0 Å². The third-order valence-corrected chi connectivity index (χ3v) is 9.14. The Morgan fingerprint density at radius 3 is 2.51 bits per heavy atom. The van der Waals surface area contributed by atoms with Gasteiger partial charge in [-0.3, -0.25) is 19.5 Å². The second-order valence-electron chi connectivity index (χ2n) is 10.7. The van der Waals surface area contributed by atoms with E-state index in [-0.39, 0.29) is 35.3 Å². The number of aryl methyl sites for hydroxylation is 2. The van der Waals surface area contributed by atoms with E-state index in [9.17, 15) is 18.0 Å². The van der Waals surface area contributed by atoms with Crippen molar-refractivity contribution in [2.45, 2.75) is 58.9 Å². The summed E-state index contributed by atoms with van der Waals surface area (Å²) in [5, 5.41) is 6.09. The molecular weight excluding hydrogens is 516 g/mol. The molecule has 2 aliphatic rings. The normalized spacial score (nSPS) is 19.3. The summed E-state index contributed by atoms with van der Waals surface area (Å²) in [6.45, 7) is 12.8. The summed E-state index contributed by atoms with van der Waals surface area (Å²) in [5.41, 5.74) is 4.62. The zero-order chi connectivity index (χ0) is 28.4. The van der Waals surface area contributed by atoms with E-state index >= 15 is 0 Å². The van der Waals surface area contributed by atoms with Gasteiger partial charge in [0.15, 0.2) is 9.84 Å². The summed E-state index contributed by atoms with van der Waals surface area (Å²) in [6.07, 6.45) is 3.49. The SMILES string of the molecule is C=C(CN1CCS(=O)(=O)CC1)C(=O)NCC(NC(=O)CC/C(C)=N/c1ccc(CC)cc1C)C1CCOCC1. The van der Waals surface area contributed by atoms with Gasteiger partial charge in [-0.05, 0) is 62.6 Å². The third kappa shape index (κ3) is 10.2. The van der Waals surface area contributed by atoms with Crippen molar-refractivity contribution in [2.24, 2.45) is 10.9 Å². The number of benzene rings is 1. The smallest absolute Gasteiger partial charge is 0.247 e. The first-order valence-corrected chi connectivity index (χ1v) is 15.8. The van der Waals surface area contributed by atoms with Crippen molar-refractivity contribution in [3.05, 3.63) is 41.5 Å². The second-order valence-corrected chi connectivity index (χ2v) is 13.0. The number of ether oxygens (including phenoxy) is 1. The Bertz CT molecular complexity index is 1140. The largest absolute Gasteiger partial charge is 0.381 e. The quantitative estimate of drug-likeness (QED) is 0.300. The molecule has 2 heterocycles. The maximum atomic E-state index is 12.9. The second kappa shape index (κ2) is 14.7. The molecule has 2 fully saturated rings. The van der Waals surface area contributed by atoms with E-state index in [1.165, 1.54) is 5.56 Å². The maximum absolute atomic E-state index is 12.9. The first kappa shape index (κ1) is 31.0. The lowest BCUT2D eigenvalue weighted by Gasteiger charge is -2.31. The van der Waals surface area contributed by atoms with Gasteiger partial charge < -0.3 is 15.4 Å². The van der Waals surface area contributed by atoms with Crippen molar-refractivity contribution in [2.75, 3.05) is 50.9 Å². The highest BCUT2D eigenvalue weighted by atomic mass is 32.2. The minimum atomic E-state index is -2.98. The van der Waals surface area contributed by atoms with Crippen LogP contribution in [0.3, 0.4) is 0 Å². The van der Waals surface area contributed by atoms with E-state index in [1.54, 1.807) is 0 Å². The van der Waals surface area contributed by atoms with Crippen LogP contribution in [-0.4, -0.2) is 87.8 Å². The molecule has 1 atom stereocenters. The Balaban J connectivity index is 1.51. The van der Waals surface area contributed by atoms with Crippen LogP contribution in [-0.2, 0) is 30.6 Å². The highest BCUT2D eigenvalue weighted by Gasteiger charge is 2.27. The molecule has 10 heteroatoms. The molecule has 216 valence electrons. The monoisotopic (exact) mass is 560 g/mol. The highest BCUT2D eigenvalue weighted by molar-refractivity contribution is 7.91. The lowest BCUT2D eigenvalue weighted by molar-refractivity contribution is -0.123. The van der Waals surface area contributed by atoms with Crippen molar-refractivity contribution >= 4 is 33.1 Å². The molecule has 0 spiro atoms. The van der Waals surface area contributed by atoms with Gasteiger partial charge in [-0.2, -0.15) is 0 Å². The number of nitrogens with zero attached hydrogens (tertiary/aromatic N) is 2. The van der Waals surface area contributed by atoms with Gasteiger partial charge in [0.2, 0.25) is 11.8 Å². The van der Waals surface area contributed by atoms with Crippen molar-refractivity contribution < 1.29 is 22.7 Å². The molecule has 1 aromatic rings. The van der Waals surface area contributed by atoms with Gasteiger partial charge in [-0.15, -0.1) is 0 Å². The van der Waals surface area contributed by atoms with Gasteiger partial charge >= 0.3 is 0 Å². The van der Waals surface area contributed by atoms with Crippen molar-refractivity contribution in [3.8, 4) is 0 Å². The molecule has 2 N–H and O–H groups in total.